The SMILES string of the molecule is CCCCCCCCCCCCCCc1ccc(OCCCOC(=O)CC[N+](C)(C)Cc2ccccc2)cc1. The normalized spacial score (nSPS) is 11.5. The highest BCUT2D eigenvalue weighted by molar-refractivity contribution is 5.69. The average Bonchev–Trinajstić information content (AvgIpc) is 2.93. The van der Waals surface area contributed by atoms with E-state index < -0.39 is 0 Å². The van der Waals surface area contributed by atoms with E-state index in [4.69, 9.17) is 9.47 Å². The molecule has 2 aromatic carbocycles. The number of ether oxygens (including phenoxy) is 2. The molecule has 0 amide bonds. The molecule has 0 aliphatic heterocycles. The second-order valence-electron chi connectivity index (χ2n) is 11.8. The van der Waals surface area contributed by atoms with Crippen LogP contribution in [0.4, 0.5) is 0 Å². The molecule has 39 heavy (non-hydrogen) atoms. The van der Waals surface area contributed by atoms with Crippen LogP contribution in [-0.4, -0.2) is 44.3 Å². The largest absolute Gasteiger partial charge is 0.493 e. The van der Waals surface area contributed by atoms with Gasteiger partial charge in [-0.1, -0.05) is 120 Å². The highest BCUT2D eigenvalue weighted by atomic mass is 16.5. The first-order valence-corrected chi connectivity index (χ1v) is 15.7. The van der Waals surface area contributed by atoms with Crippen LogP contribution in [0.5, 0.6) is 5.75 Å². The van der Waals surface area contributed by atoms with Crippen molar-refractivity contribution in [3.05, 3.63) is 65.7 Å². The minimum Gasteiger partial charge on any atom is -0.493 e. The summed E-state index contributed by atoms with van der Waals surface area (Å²) in [6, 6.07) is 18.9. The van der Waals surface area contributed by atoms with Gasteiger partial charge in [-0.3, -0.25) is 4.79 Å². The van der Waals surface area contributed by atoms with E-state index in [1.807, 2.05) is 6.07 Å². The number of rotatable bonds is 23. The van der Waals surface area contributed by atoms with E-state index in [1.54, 1.807) is 0 Å². The highest BCUT2D eigenvalue weighted by Gasteiger charge is 2.18. The summed E-state index contributed by atoms with van der Waals surface area (Å²) in [5, 5.41) is 0. The lowest BCUT2D eigenvalue weighted by molar-refractivity contribution is -0.903. The van der Waals surface area contributed by atoms with Gasteiger partial charge < -0.3 is 14.0 Å². The molecule has 0 N–H and O–H groups in total. The van der Waals surface area contributed by atoms with Gasteiger partial charge >= 0.3 is 5.97 Å². The first-order valence-electron chi connectivity index (χ1n) is 15.7. The standard InChI is InChI=1S/C35H56NO3/c1-4-5-6-7-8-9-10-11-12-13-14-16-20-32-23-25-34(26-24-32)38-29-19-30-39-35(37)27-28-36(2,3)31-33-21-17-15-18-22-33/h15,17-18,21-26H,4-14,16,19-20,27-31H2,1-3H3/q+1. The molecule has 0 unspecified atom stereocenters. The van der Waals surface area contributed by atoms with E-state index in [2.05, 4.69) is 69.6 Å². The van der Waals surface area contributed by atoms with Crippen molar-refractivity contribution in [2.45, 2.75) is 110 Å². The summed E-state index contributed by atoms with van der Waals surface area (Å²) in [7, 11) is 4.30. The van der Waals surface area contributed by atoms with Crippen LogP contribution in [0.25, 0.3) is 0 Å². The lowest BCUT2D eigenvalue weighted by atomic mass is 10.0. The first kappa shape index (κ1) is 32.9. The Kier molecular flexibility index (Phi) is 17.3. The van der Waals surface area contributed by atoms with Crippen molar-refractivity contribution in [3.63, 3.8) is 0 Å². The van der Waals surface area contributed by atoms with Crippen molar-refractivity contribution in [1.29, 1.82) is 0 Å². The van der Waals surface area contributed by atoms with E-state index in [0.717, 1.165) is 29.7 Å². The monoisotopic (exact) mass is 538 g/mol. The minimum absolute atomic E-state index is 0.128. The Morgan fingerprint density at radius 2 is 1.26 bits per heavy atom. The Morgan fingerprint density at radius 3 is 1.87 bits per heavy atom. The number of quaternary nitrogens is 1. The molecule has 4 nitrogen and oxygen atoms in total. The van der Waals surface area contributed by atoms with Crippen molar-refractivity contribution in [2.24, 2.45) is 0 Å². The number of benzene rings is 2. The molecule has 0 saturated heterocycles. The topological polar surface area (TPSA) is 35.5 Å². The fraction of sp³-hybridized carbons (Fsp3) is 0.629. The van der Waals surface area contributed by atoms with Gasteiger partial charge in [0.25, 0.3) is 0 Å². The predicted molar refractivity (Wildman–Crippen MR) is 164 cm³/mol. The minimum atomic E-state index is -0.128. The maximum absolute atomic E-state index is 12.2. The van der Waals surface area contributed by atoms with Crippen molar-refractivity contribution in [2.75, 3.05) is 33.9 Å². The zero-order chi connectivity index (χ0) is 28.0. The summed E-state index contributed by atoms with van der Waals surface area (Å²) in [4.78, 5) is 12.2. The van der Waals surface area contributed by atoms with Crippen LogP contribution in [0, 0.1) is 0 Å². The first-order chi connectivity index (χ1) is 19.0. The predicted octanol–water partition coefficient (Wildman–Crippen LogP) is 8.91. The Balaban J connectivity index is 1.44. The van der Waals surface area contributed by atoms with Gasteiger partial charge in [0, 0.05) is 12.0 Å². The summed E-state index contributed by atoms with van der Waals surface area (Å²) in [5.41, 5.74) is 2.67. The van der Waals surface area contributed by atoms with Gasteiger partial charge in [-0.15, -0.1) is 0 Å². The van der Waals surface area contributed by atoms with E-state index in [9.17, 15) is 4.79 Å². The molecule has 0 aliphatic carbocycles. The van der Waals surface area contributed by atoms with Crippen LogP contribution >= 0.6 is 0 Å². The molecule has 2 rings (SSSR count). The van der Waals surface area contributed by atoms with Crippen LogP contribution < -0.4 is 4.74 Å². The summed E-state index contributed by atoms with van der Waals surface area (Å²) in [6.07, 6.45) is 18.9. The summed E-state index contributed by atoms with van der Waals surface area (Å²) < 4.78 is 12.0. The highest BCUT2D eigenvalue weighted by Crippen LogP contribution is 2.16. The van der Waals surface area contributed by atoms with Gasteiger partial charge in [-0.25, -0.2) is 0 Å². The van der Waals surface area contributed by atoms with Crippen LogP contribution in [0.3, 0.4) is 0 Å². The summed E-state index contributed by atoms with van der Waals surface area (Å²) >= 11 is 0. The lowest BCUT2D eigenvalue weighted by Gasteiger charge is -2.29. The molecule has 0 saturated carbocycles. The number of aryl methyl sites for hydroxylation is 1. The lowest BCUT2D eigenvalue weighted by Crippen LogP contribution is -2.40. The Bertz CT molecular complexity index is 863. The van der Waals surface area contributed by atoms with Crippen molar-refractivity contribution in [1.82, 2.24) is 0 Å². The molecule has 218 valence electrons. The molecule has 0 radical (unpaired) electrons. The number of carbonyl (C=O) groups excluding carboxylic acids is 1. The maximum atomic E-state index is 12.2. The third kappa shape index (κ3) is 17.1. The second-order valence-corrected chi connectivity index (χ2v) is 11.8. The van der Waals surface area contributed by atoms with Crippen LogP contribution in [0.2, 0.25) is 0 Å². The third-order valence-electron chi connectivity index (χ3n) is 7.44. The number of esters is 1. The third-order valence-corrected chi connectivity index (χ3v) is 7.44. The van der Waals surface area contributed by atoms with E-state index in [1.165, 1.54) is 88.2 Å². The van der Waals surface area contributed by atoms with Gasteiger partial charge in [-0.05, 0) is 30.5 Å². The van der Waals surface area contributed by atoms with E-state index >= 15 is 0 Å². The molecule has 0 heterocycles. The molecule has 0 aromatic heterocycles. The molecule has 0 fully saturated rings. The van der Waals surface area contributed by atoms with Crippen LogP contribution in [0.15, 0.2) is 54.6 Å². The fourth-order valence-electron chi connectivity index (χ4n) is 4.98. The molecular formula is C35H56NO3+. The Hall–Kier alpha value is -2.33. The van der Waals surface area contributed by atoms with Gasteiger partial charge in [0.15, 0.2) is 0 Å². The molecule has 0 bridgehead atoms. The van der Waals surface area contributed by atoms with Crippen molar-refractivity contribution >= 4 is 5.97 Å². The fourth-order valence-corrected chi connectivity index (χ4v) is 4.98. The Labute approximate surface area is 239 Å². The van der Waals surface area contributed by atoms with E-state index in [-0.39, 0.29) is 5.97 Å². The van der Waals surface area contributed by atoms with Crippen LogP contribution in [0.1, 0.15) is 108 Å². The maximum Gasteiger partial charge on any atom is 0.311 e. The van der Waals surface area contributed by atoms with Crippen molar-refractivity contribution in [3.8, 4) is 5.75 Å². The molecule has 0 atom stereocenters. The zero-order valence-electron chi connectivity index (χ0n) is 25.3. The molecule has 4 heteroatoms. The number of nitrogens with zero attached hydrogens (tertiary/aromatic N) is 1. The van der Waals surface area contributed by atoms with Gasteiger partial charge in [0.2, 0.25) is 0 Å². The summed E-state index contributed by atoms with van der Waals surface area (Å²) in [6.45, 7) is 4.91. The van der Waals surface area contributed by atoms with Crippen LogP contribution in [-0.2, 0) is 22.5 Å². The summed E-state index contributed by atoms with van der Waals surface area (Å²) in [5.74, 6) is 0.760. The number of hydrogen-bond donors (Lipinski definition) is 0. The number of hydrogen-bond acceptors (Lipinski definition) is 3. The molecule has 2 aromatic rings. The smallest absolute Gasteiger partial charge is 0.311 e. The van der Waals surface area contributed by atoms with Gasteiger partial charge in [0.1, 0.15) is 12.3 Å². The average molecular weight is 539 g/mol. The molecule has 0 aliphatic rings. The van der Waals surface area contributed by atoms with E-state index in [0.29, 0.717) is 26.1 Å². The van der Waals surface area contributed by atoms with Crippen molar-refractivity contribution < 1.29 is 18.8 Å². The van der Waals surface area contributed by atoms with Gasteiger partial charge in [-0.2, -0.15) is 0 Å². The molecular weight excluding hydrogens is 482 g/mol. The molecule has 0 spiro atoms. The second kappa shape index (κ2) is 20.6. The Morgan fingerprint density at radius 1 is 0.667 bits per heavy atom. The van der Waals surface area contributed by atoms with Gasteiger partial charge in [0.05, 0.1) is 40.3 Å². The number of unbranched alkanes of at least 4 members (excludes halogenated alkanes) is 11. The quantitative estimate of drug-likeness (QED) is 0.0805. The number of carbonyl (C=O) groups is 1. The zero-order valence-corrected chi connectivity index (χ0v) is 25.3.